The van der Waals surface area contributed by atoms with Crippen LogP contribution in [0.15, 0.2) is 309 Å². The van der Waals surface area contributed by atoms with Gasteiger partial charge in [0.1, 0.15) is 44.5 Å². The van der Waals surface area contributed by atoms with E-state index in [1.165, 1.54) is 57.0 Å². The van der Waals surface area contributed by atoms with Crippen LogP contribution in [0.4, 0.5) is 0 Å². The van der Waals surface area contributed by atoms with Gasteiger partial charge >= 0.3 is 0 Å². The Morgan fingerprint density at radius 2 is 0.594 bits per heavy atom. The monoisotopic (exact) mass is 1260 g/mol. The summed E-state index contributed by atoms with van der Waals surface area (Å²) in [4.78, 5) is 19.7. The van der Waals surface area contributed by atoms with E-state index < -0.39 is 0 Å². The summed E-state index contributed by atoms with van der Waals surface area (Å²) in [5, 5.41) is 11.6. The summed E-state index contributed by atoms with van der Waals surface area (Å²) in [6, 6.07) is 97.7. The van der Waals surface area contributed by atoms with E-state index in [2.05, 4.69) is 237 Å². The molecule has 0 bridgehead atoms. The van der Waals surface area contributed by atoms with Crippen molar-refractivity contribution >= 4 is 151 Å². The Bertz CT molecular complexity index is 6550. The first kappa shape index (κ1) is 54.2. The third-order valence-electron chi connectivity index (χ3n) is 18.7. The van der Waals surface area contributed by atoms with Crippen LogP contribution in [0.25, 0.3) is 207 Å². The van der Waals surface area contributed by atoms with Crippen molar-refractivity contribution in [2.45, 2.75) is 0 Å². The summed E-state index contributed by atoms with van der Waals surface area (Å²) >= 11 is 3.69. The molecule has 0 aliphatic heterocycles. The van der Waals surface area contributed by atoms with Crippen LogP contribution >= 0.6 is 22.7 Å². The van der Waals surface area contributed by atoms with Crippen LogP contribution < -0.4 is 0 Å². The van der Waals surface area contributed by atoms with Gasteiger partial charge in [0.25, 0.3) is 0 Å². The zero-order chi connectivity index (χ0) is 63.0. The highest BCUT2D eigenvalue weighted by atomic mass is 32.1. The van der Waals surface area contributed by atoms with Crippen molar-refractivity contribution in [3.05, 3.63) is 291 Å². The summed E-state index contributed by atoms with van der Waals surface area (Å²) in [5.74, 6) is 0. The first-order valence-electron chi connectivity index (χ1n) is 31.9. The van der Waals surface area contributed by atoms with Gasteiger partial charge in [-0.1, -0.05) is 212 Å². The van der Waals surface area contributed by atoms with E-state index in [4.69, 9.17) is 37.6 Å². The molecule has 13 aromatic carbocycles. The molecule has 0 radical (unpaired) electrons. The quantitative estimate of drug-likeness (QED) is 0.155. The third kappa shape index (κ3) is 8.80. The largest absolute Gasteiger partial charge is 0.455 e. The molecule has 21 rings (SSSR count). The van der Waals surface area contributed by atoms with Crippen molar-refractivity contribution in [1.29, 1.82) is 0 Å². The highest BCUT2D eigenvalue weighted by molar-refractivity contribution is 7.26. The second-order valence-corrected chi connectivity index (χ2v) is 26.4. The fourth-order valence-electron chi connectivity index (χ4n) is 14.2. The maximum absolute atomic E-state index is 6.36. The molecule has 0 saturated heterocycles. The number of benzene rings is 13. The predicted octanol–water partition coefficient (Wildman–Crippen LogP) is 25.0. The minimum atomic E-state index is 0.513. The molecule has 10 heteroatoms. The zero-order valence-corrected chi connectivity index (χ0v) is 52.6. The predicted molar refractivity (Wildman–Crippen MR) is 397 cm³/mol. The Morgan fingerprint density at radius 1 is 0.240 bits per heavy atom. The number of fused-ring (bicyclic) bond motifs is 18. The molecular formula is C86H48N4O4S2. The van der Waals surface area contributed by atoms with Crippen molar-refractivity contribution in [1.82, 2.24) is 19.9 Å². The van der Waals surface area contributed by atoms with Crippen molar-refractivity contribution < 1.29 is 17.7 Å². The highest BCUT2D eigenvalue weighted by Gasteiger charge is 2.20. The SMILES string of the molecule is c1cc(-c2ccc3oc4ncc(-c5cccc(-c6cccc7c6oc6ccccc67)c5)nc4c3c2)cc(-c2cccc3c2oc2ccccc23)c1.c1cc(-c2cnc3oc4ccc(-c5cccc6c5sc5ccccc56)cc4c3n2)cc(-c2cccc3c2sc2ccccc23)c1. The number of aromatic nitrogens is 4. The maximum atomic E-state index is 6.36. The lowest BCUT2D eigenvalue weighted by atomic mass is 9.97. The van der Waals surface area contributed by atoms with Crippen molar-refractivity contribution in [3.63, 3.8) is 0 Å². The van der Waals surface area contributed by atoms with Crippen LogP contribution in [0, 0.1) is 0 Å². The lowest BCUT2D eigenvalue weighted by Crippen LogP contribution is -1.88. The van der Waals surface area contributed by atoms with Gasteiger partial charge in [-0.2, -0.15) is 0 Å². The Labute approximate surface area is 554 Å². The van der Waals surface area contributed by atoms with E-state index in [1.807, 2.05) is 71.3 Å². The third-order valence-corrected chi connectivity index (χ3v) is 21.2. The molecule has 448 valence electrons. The first-order valence-corrected chi connectivity index (χ1v) is 33.5. The van der Waals surface area contributed by atoms with Gasteiger partial charge in [0.15, 0.2) is 0 Å². The van der Waals surface area contributed by atoms with E-state index in [0.717, 1.165) is 138 Å². The minimum absolute atomic E-state index is 0.513. The van der Waals surface area contributed by atoms with Crippen LogP contribution in [0.1, 0.15) is 0 Å². The molecule has 0 spiro atoms. The summed E-state index contributed by atoms with van der Waals surface area (Å²) in [5.41, 5.74) is 22.4. The zero-order valence-electron chi connectivity index (χ0n) is 51.0. The molecule has 0 N–H and O–H groups in total. The molecule has 0 unspecified atom stereocenters. The molecule has 0 atom stereocenters. The Morgan fingerprint density at radius 3 is 1.11 bits per heavy atom. The van der Waals surface area contributed by atoms with E-state index in [1.54, 1.807) is 6.20 Å². The van der Waals surface area contributed by atoms with E-state index in [0.29, 0.717) is 11.4 Å². The number of rotatable bonds is 7. The van der Waals surface area contributed by atoms with Crippen LogP contribution in [0.5, 0.6) is 0 Å². The van der Waals surface area contributed by atoms with Gasteiger partial charge in [-0.15, -0.1) is 22.7 Å². The van der Waals surface area contributed by atoms with Crippen LogP contribution in [0.3, 0.4) is 0 Å². The average Bonchev–Trinajstić information content (AvgIpc) is 1.72. The lowest BCUT2D eigenvalue weighted by Gasteiger charge is -2.07. The summed E-state index contributed by atoms with van der Waals surface area (Å²) in [6.07, 6.45) is 3.61. The van der Waals surface area contributed by atoms with Gasteiger partial charge in [-0.25, -0.2) is 19.9 Å². The van der Waals surface area contributed by atoms with Gasteiger partial charge < -0.3 is 17.7 Å². The first-order chi connectivity index (χ1) is 47.5. The van der Waals surface area contributed by atoms with Crippen molar-refractivity contribution in [2.75, 3.05) is 0 Å². The summed E-state index contributed by atoms with van der Waals surface area (Å²) < 4.78 is 30.3. The molecule has 21 aromatic rings. The van der Waals surface area contributed by atoms with Gasteiger partial charge in [-0.3, -0.25) is 0 Å². The number of hydrogen-bond acceptors (Lipinski definition) is 10. The number of thiophene rings is 2. The second kappa shape index (κ2) is 21.6. The molecule has 0 aliphatic carbocycles. The molecular weight excluding hydrogens is 1220 g/mol. The topological polar surface area (TPSA) is 104 Å². The second-order valence-electron chi connectivity index (χ2n) is 24.3. The van der Waals surface area contributed by atoms with Crippen LogP contribution in [-0.2, 0) is 0 Å². The lowest BCUT2D eigenvalue weighted by molar-refractivity contribution is 0.652. The number of hydrogen-bond donors (Lipinski definition) is 0. The van der Waals surface area contributed by atoms with E-state index in [-0.39, 0.29) is 0 Å². The molecule has 96 heavy (non-hydrogen) atoms. The highest BCUT2D eigenvalue weighted by Crippen LogP contribution is 2.45. The Hall–Kier alpha value is -12.3. The summed E-state index contributed by atoms with van der Waals surface area (Å²) in [6.45, 7) is 0. The molecule has 0 saturated carbocycles. The fraction of sp³-hybridized carbons (Fsp3) is 0. The van der Waals surface area contributed by atoms with Crippen molar-refractivity contribution in [2.24, 2.45) is 0 Å². The van der Waals surface area contributed by atoms with E-state index in [9.17, 15) is 0 Å². The number of furan rings is 4. The van der Waals surface area contributed by atoms with Gasteiger partial charge in [-0.05, 0) is 111 Å². The molecule has 8 heterocycles. The fourth-order valence-corrected chi connectivity index (χ4v) is 16.6. The molecule has 8 aromatic heterocycles. The summed E-state index contributed by atoms with van der Waals surface area (Å²) in [7, 11) is 0. The van der Waals surface area contributed by atoms with Crippen LogP contribution in [-0.4, -0.2) is 19.9 Å². The van der Waals surface area contributed by atoms with Gasteiger partial charge in [0, 0.05) is 94.9 Å². The van der Waals surface area contributed by atoms with Crippen LogP contribution in [0.2, 0.25) is 0 Å². The Balaban J connectivity index is 0.000000132. The average molecular weight is 1270 g/mol. The standard InChI is InChI=1S/C46H26N2O3.C40H22N2OS2/c1-3-19-40-34(13-1)36-17-7-15-32(44(36)49-40)29-10-5-9-27(23-29)28-21-22-42-38(25-28)43-46(51-42)47-26-39(48-43)31-12-6-11-30(24-31)33-16-8-18-37-35-14-2-4-20-41(35)50-45(33)37;1-3-16-35-28(10-1)30-14-6-12-26(38(30)44-35)23-8-5-9-25(20-23)33-22-41-40-37(42-33)32-21-24(18-19-34(32)43-40)27-13-7-15-31-29-11-2-4-17-36(29)45-39(27)31/h1-26H;1-22H. The molecule has 0 fully saturated rings. The molecule has 0 amide bonds. The molecule has 8 nitrogen and oxygen atoms in total. The maximum Gasteiger partial charge on any atom is 0.246 e. The van der Waals surface area contributed by atoms with Crippen molar-refractivity contribution in [3.8, 4) is 78.1 Å². The number of para-hydroxylation sites is 4. The Kier molecular flexibility index (Phi) is 12.2. The van der Waals surface area contributed by atoms with Gasteiger partial charge in [0.05, 0.1) is 23.8 Å². The number of nitrogens with zero attached hydrogens (tertiary/aromatic N) is 4. The minimum Gasteiger partial charge on any atom is -0.455 e. The molecule has 0 aliphatic rings. The van der Waals surface area contributed by atoms with Gasteiger partial charge in [0.2, 0.25) is 11.4 Å². The normalized spacial score (nSPS) is 12.0. The van der Waals surface area contributed by atoms with E-state index >= 15 is 0 Å². The smallest absolute Gasteiger partial charge is 0.246 e.